The van der Waals surface area contributed by atoms with Crippen molar-refractivity contribution in [2.24, 2.45) is 27.9 Å². The van der Waals surface area contributed by atoms with Crippen LogP contribution in [-0.4, -0.2) is 67.9 Å². The molecule has 2 aromatic rings. The van der Waals surface area contributed by atoms with Gasteiger partial charge in [-0.1, -0.05) is 48.5 Å². The molecule has 22 heteroatoms. The minimum atomic E-state index is -5.88. The smallest absolute Gasteiger partial charge is 0.370 e. The van der Waals surface area contributed by atoms with Crippen LogP contribution in [0.5, 0.6) is 0 Å². The summed E-state index contributed by atoms with van der Waals surface area (Å²) < 4.78 is 78.6. The van der Waals surface area contributed by atoms with Crippen molar-refractivity contribution in [3.05, 3.63) is 70.8 Å². The summed E-state index contributed by atoms with van der Waals surface area (Å²) in [6.45, 7) is 0.136. The normalized spacial score (nSPS) is 14.4. The molecule has 0 aliphatic carbocycles. The van der Waals surface area contributed by atoms with E-state index < -0.39 is 79.9 Å². The molecular formula is C26H35F4N7O9P2. The largest absolute Gasteiger partial charge is 0.399 e. The summed E-state index contributed by atoms with van der Waals surface area (Å²) in [4.78, 5) is 78.1. The number of carbonyl (C=O) groups excluding carboxylic acids is 3. The van der Waals surface area contributed by atoms with E-state index in [0.29, 0.717) is 24.3 Å². The summed E-state index contributed by atoms with van der Waals surface area (Å²) in [5.41, 5.74) is 11.0. The fourth-order valence-electron chi connectivity index (χ4n) is 4.12. The second-order valence-electron chi connectivity index (χ2n) is 10.6. The first kappa shape index (κ1) is 40.3. The van der Waals surface area contributed by atoms with E-state index in [0.717, 1.165) is 24.3 Å². The number of alkyl halides is 4. The molecule has 3 atom stereocenters. The van der Waals surface area contributed by atoms with Crippen LogP contribution in [-0.2, 0) is 47.7 Å². The van der Waals surface area contributed by atoms with Crippen molar-refractivity contribution in [1.82, 2.24) is 10.6 Å². The van der Waals surface area contributed by atoms with Crippen molar-refractivity contribution in [1.29, 1.82) is 0 Å². The Hall–Kier alpha value is -3.90. The van der Waals surface area contributed by atoms with Gasteiger partial charge in [0.1, 0.15) is 12.1 Å². The molecule has 14 N–H and O–H groups in total. The molecule has 2 aromatic carbocycles. The summed E-state index contributed by atoms with van der Waals surface area (Å²) in [6, 6.07) is 2.74. The van der Waals surface area contributed by atoms with Crippen LogP contribution in [0, 0.1) is 0 Å². The Balaban J connectivity index is 2.31. The molecule has 0 heterocycles. The van der Waals surface area contributed by atoms with E-state index in [-0.39, 0.29) is 42.9 Å². The predicted molar refractivity (Wildman–Crippen MR) is 163 cm³/mol. The van der Waals surface area contributed by atoms with Crippen molar-refractivity contribution < 1.29 is 60.6 Å². The highest BCUT2D eigenvalue weighted by molar-refractivity contribution is 7.52. The van der Waals surface area contributed by atoms with Crippen LogP contribution in [0.3, 0.4) is 0 Å². The van der Waals surface area contributed by atoms with Gasteiger partial charge in [-0.2, -0.15) is 17.6 Å². The Morgan fingerprint density at radius 2 is 1.12 bits per heavy atom. The van der Waals surface area contributed by atoms with E-state index in [1.54, 1.807) is 0 Å². The van der Waals surface area contributed by atoms with Gasteiger partial charge in [0, 0.05) is 30.5 Å². The first-order valence-corrected chi connectivity index (χ1v) is 17.0. The molecule has 2 rings (SSSR count). The molecule has 0 saturated carbocycles. The molecule has 16 nitrogen and oxygen atoms in total. The van der Waals surface area contributed by atoms with E-state index in [2.05, 4.69) is 15.6 Å². The molecule has 0 fully saturated rings. The van der Waals surface area contributed by atoms with Crippen LogP contribution in [0.15, 0.2) is 53.5 Å². The fraction of sp³-hybridized carbons (Fsp3) is 0.385. The number of nitrogens with two attached hydrogens (primary N) is 4. The molecule has 0 aliphatic heterocycles. The molecule has 0 spiro atoms. The van der Waals surface area contributed by atoms with Gasteiger partial charge in [-0.25, -0.2) is 0 Å². The van der Waals surface area contributed by atoms with Crippen LogP contribution in [0.1, 0.15) is 35.1 Å². The number of rotatable bonds is 17. The summed E-state index contributed by atoms with van der Waals surface area (Å²) in [5, 5.41) is 4.70. The number of hydrogen-bond acceptors (Lipinski definition) is 7. The Bertz CT molecular complexity index is 1580. The molecule has 0 radical (unpaired) electrons. The zero-order chi connectivity index (χ0) is 36.7. The van der Waals surface area contributed by atoms with E-state index in [9.17, 15) is 41.1 Å². The number of halogens is 4. The van der Waals surface area contributed by atoms with Crippen molar-refractivity contribution in [2.75, 3.05) is 6.54 Å². The lowest BCUT2D eigenvalue weighted by atomic mass is 10.0. The molecule has 0 aliphatic rings. The first-order valence-electron chi connectivity index (χ1n) is 13.7. The number of nitrogens with zero attached hydrogens (tertiary/aromatic N) is 1. The Morgan fingerprint density at radius 3 is 1.50 bits per heavy atom. The lowest BCUT2D eigenvalue weighted by Gasteiger charge is -2.24. The van der Waals surface area contributed by atoms with Crippen LogP contribution >= 0.6 is 15.2 Å². The van der Waals surface area contributed by atoms with Crippen LogP contribution < -0.4 is 33.6 Å². The number of hydrogen-bond donors (Lipinski definition) is 10. The molecule has 0 aromatic heterocycles. The van der Waals surface area contributed by atoms with Crippen molar-refractivity contribution >= 4 is 38.9 Å². The standard InChI is InChI=1S/C26H35F4N7O9P2/c27-25(28,47(41,42)43)16-7-3-14(4-8-16)12-19(21(32)38)36-23(40)20(37-22(39)18(31)2-1-11-35-24(33)34)13-15-5-9-17(10-6-15)26(29,30)48(44,45)46/h3-10,18-20H,1-2,11-13,31H2,(H2,32,38)(H,36,40)(H,37,39)(H4,33,34,35)(H2,41,42,43)(H2,44,45,46). The third-order valence-corrected chi connectivity index (χ3v) is 8.79. The minimum absolute atomic E-state index is 0.0596. The molecule has 3 unspecified atom stereocenters. The summed E-state index contributed by atoms with van der Waals surface area (Å²) in [7, 11) is -11.7. The van der Waals surface area contributed by atoms with Gasteiger partial charge in [0.15, 0.2) is 5.96 Å². The van der Waals surface area contributed by atoms with E-state index in [4.69, 9.17) is 42.5 Å². The van der Waals surface area contributed by atoms with Gasteiger partial charge in [0.2, 0.25) is 17.7 Å². The van der Waals surface area contributed by atoms with Crippen LogP contribution in [0.2, 0.25) is 0 Å². The second kappa shape index (κ2) is 16.0. The van der Waals surface area contributed by atoms with E-state index in [1.165, 1.54) is 0 Å². The molecule has 266 valence electrons. The lowest BCUT2D eigenvalue weighted by molar-refractivity contribution is -0.131. The van der Waals surface area contributed by atoms with E-state index in [1.807, 2.05) is 0 Å². The van der Waals surface area contributed by atoms with Gasteiger partial charge in [0.05, 0.1) is 6.04 Å². The van der Waals surface area contributed by atoms with Gasteiger partial charge in [-0.05, 0) is 24.0 Å². The Labute approximate surface area is 270 Å². The maximum Gasteiger partial charge on any atom is 0.399 e. The number of carbonyl (C=O) groups is 3. The number of guanidine groups is 1. The SMILES string of the molecule is NC(=O)C(Cc1ccc(C(F)(F)P(=O)(O)O)cc1)NC(=O)C(Cc1ccc(C(F)(F)P(=O)(O)O)cc1)NC(=O)C(N)CCCN=C(N)N. The first-order chi connectivity index (χ1) is 22.0. The summed E-state index contributed by atoms with van der Waals surface area (Å²) in [5.74, 6) is -3.15. The fourth-order valence-corrected chi connectivity index (χ4v) is 5.09. The van der Waals surface area contributed by atoms with Gasteiger partial charge in [-0.15, -0.1) is 0 Å². The lowest BCUT2D eigenvalue weighted by Crippen LogP contribution is -2.56. The van der Waals surface area contributed by atoms with Crippen molar-refractivity contribution in [2.45, 2.75) is 55.1 Å². The molecule has 0 bridgehead atoms. The monoisotopic (exact) mass is 727 g/mol. The van der Waals surface area contributed by atoms with Gasteiger partial charge < -0.3 is 53.1 Å². The highest BCUT2D eigenvalue weighted by Crippen LogP contribution is 2.60. The Morgan fingerprint density at radius 1 is 0.729 bits per heavy atom. The van der Waals surface area contributed by atoms with Gasteiger partial charge in [0.25, 0.3) is 0 Å². The summed E-state index contributed by atoms with van der Waals surface area (Å²) >= 11 is 0. The zero-order valence-electron chi connectivity index (χ0n) is 24.9. The topological polar surface area (TPSA) is 307 Å². The zero-order valence-corrected chi connectivity index (χ0v) is 26.7. The molecular weight excluding hydrogens is 692 g/mol. The Kier molecular flexibility index (Phi) is 13.4. The van der Waals surface area contributed by atoms with Crippen molar-refractivity contribution in [3.8, 4) is 0 Å². The number of nitrogens with one attached hydrogen (secondary N) is 2. The third-order valence-electron chi connectivity index (χ3n) is 6.81. The molecule has 48 heavy (non-hydrogen) atoms. The highest BCUT2D eigenvalue weighted by atomic mass is 31.2. The predicted octanol–water partition coefficient (Wildman–Crippen LogP) is -0.238. The number of aliphatic imine (C=N–C) groups is 1. The quantitative estimate of drug-likeness (QED) is 0.0332. The van der Waals surface area contributed by atoms with Crippen LogP contribution in [0.4, 0.5) is 17.6 Å². The summed E-state index contributed by atoms with van der Waals surface area (Å²) in [6.07, 6.45) is -0.469. The molecule has 0 saturated heterocycles. The van der Waals surface area contributed by atoms with Crippen LogP contribution in [0.25, 0.3) is 0 Å². The second-order valence-corrected chi connectivity index (χ2v) is 13.9. The third kappa shape index (κ3) is 10.8. The maximum atomic E-state index is 14.1. The van der Waals surface area contributed by atoms with Gasteiger partial charge >= 0.3 is 26.5 Å². The van der Waals surface area contributed by atoms with Crippen molar-refractivity contribution in [3.63, 3.8) is 0 Å². The number of primary amides is 1. The van der Waals surface area contributed by atoms with E-state index >= 15 is 0 Å². The molecule has 3 amide bonds. The number of amides is 3. The maximum absolute atomic E-state index is 14.1. The number of benzene rings is 2. The minimum Gasteiger partial charge on any atom is -0.370 e. The average molecular weight is 728 g/mol. The average Bonchev–Trinajstić information content (AvgIpc) is 2.97. The van der Waals surface area contributed by atoms with Gasteiger partial charge in [-0.3, -0.25) is 28.5 Å². The highest BCUT2D eigenvalue weighted by Gasteiger charge is 2.51.